The molecule has 32 heavy (non-hydrogen) atoms. The normalized spacial score (nSPS) is 14.5. The Kier molecular flexibility index (Phi) is 4.26. The number of nitrogens with zero attached hydrogens (tertiary/aromatic N) is 2. The SMILES string of the molecule is Cc1ccc2nc(-c3ccc(NC(=O)C4(c5cc(-c6ccco6)on5)CC4)cc3)sc2c1. The summed E-state index contributed by atoms with van der Waals surface area (Å²) in [6, 6.07) is 19.5. The van der Waals surface area contributed by atoms with Crippen molar-refractivity contribution in [3.63, 3.8) is 0 Å². The lowest BCUT2D eigenvalue weighted by Gasteiger charge is -2.12. The summed E-state index contributed by atoms with van der Waals surface area (Å²) in [7, 11) is 0. The summed E-state index contributed by atoms with van der Waals surface area (Å²) in [5, 5.41) is 8.15. The lowest BCUT2D eigenvalue weighted by Crippen LogP contribution is -2.28. The number of aromatic nitrogens is 2. The fourth-order valence-electron chi connectivity index (χ4n) is 3.86. The third kappa shape index (κ3) is 3.22. The van der Waals surface area contributed by atoms with Crippen LogP contribution in [-0.4, -0.2) is 16.0 Å². The van der Waals surface area contributed by atoms with Gasteiger partial charge in [0.15, 0.2) is 5.76 Å². The number of fused-ring (bicyclic) bond motifs is 1. The smallest absolute Gasteiger partial charge is 0.236 e. The van der Waals surface area contributed by atoms with Crippen molar-refractivity contribution in [3.8, 4) is 22.1 Å². The van der Waals surface area contributed by atoms with E-state index in [0.717, 1.165) is 34.6 Å². The van der Waals surface area contributed by atoms with Crippen molar-refractivity contribution >= 4 is 33.1 Å². The minimum Gasteiger partial charge on any atom is -0.461 e. The molecule has 3 aromatic heterocycles. The quantitative estimate of drug-likeness (QED) is 0.352. The fourth-order valence-corrected chi connectivity index (χ4v) is 4.93. The number of anilines is 1. The predicted octanol–water partition coefficient (Wildman–Crippen LogP) is 6.19. The van der Waals surface area contributed by atoms with Gasteiger partial charge in [-0.3, -0.25) is 4.79 Å². The van der Waals surface area contributed by atoms with Gasteiger partial charge in [0.1, 0.15) is 5.01 Å². The maximum Gasteiger partial charge on any atom is 0.236 e. The van der Waals surface area contributed by atoms with E-state index < -0.39 is 5.41 Å². The largest absolute Gasteiger partial charge is 0.461 e. The number of thiazole rings is 1. The Bertz CT molecular complexity index is 1430. The molecule has 1 fully saturated rings. The van der Waals surface area contributed by atoms with Gasteiger partial charge in [-0.25, -0.2) is 4.98 Å². The third-order valence-electron chi connectivity index (χ3n) is 5.88. The van der Waals surface area contributed by atoms with Gasteiger partial charge in [-0.15, -0.1) is 11.3 Å². The minimum atomic E-state index is -0.641. The van der Waals surface area contributed by atoms with E-state index in [1.807, 2.05) is 24.3 Å². The van der Waals surface area contributed by atoms with Gasteiger partial charge < -0.3 is 14.3 Å². The van der Waals surface area contributed by atoms with E-state index in [1.54, 1.807) is 35.8 Å². The topological polar surface area (TPSA) is 81.2 Å². The highest BCUT2D eigenvalue weighted by molar-refractivity contribution is 7.21. The van der Waals surface area contributed by atoms with E-state index in [0.29, 0.717) is 17.2 Å². The first-order valence-corrected chi connectivity index (χ1v) is 11.2. The maximum absolute atomic E-state index is 13.1. The Morgan fingerprint density at radius 2 is 1.91 bits per heavy atom. The average Bonchev–Trinajstić information content (AvgIpc) is 3.20. The van der Waals surface area contributed by atoms with Gasteiger partial charge in [-0.1, -0.05) is 11.2 Å². The molecule has 1 amide bonds. The van der Waals surface area contributed by atoms with Crippen LogP contribution in [0.25, 0.3) is 32.3 Å². The molecule has 0 atom stereocenters. The van der Waals surface area contributed by atoms with Crippen LogP contribution in [-0.2, 0) is 10.2 Å². The Hall–Kier alpha value is -3.71. The molecule has 1 aliphatic carbocycles. The van der Waals surface area contributed by atoms with Crippen molar-refractivity contribution in [2.45, 2.75) is 25.2 Å². The highest BCUT2D eigenvalue weighted by atomic mass is 32.1. The van der Waals surface area contributed by atoms with Crippen LogP contribution < -0.4 is 5.32 Å². The zero-order valence-electron chi connectivity index (χ0n) is 17.3. The van der Waals surface area contributed by atoms with Crippen LogP contribution in [0.1, 0.15) is 24.1 Å². The Balaban J connectivity index is 1.20. The zero-order chi connectivity index (χ0) is 21.7. The molecule has 2 aromatic carbocycles. The maximum atomic E-state index is 13.1. The van der Waals surface area contributed by atoms with Crippen molar-refractivity contribution in [3.05, 3.63) is 78.2 Å². The number of aryl methyl sites for hydroxylation is 1. The second-order valence-corrected chi connectivity index (χ2v) is 9.19. The molecule has 0 bridgehead atoms. The van der Waals surface area contributed by atoms with E-state index in [9.17, 15) is 4.79 Å². The van der Waals surface area contributed by atoms with Crippen molar-refractivity contribution in [2.75, 3.05) is 5.32 Å². The predicted molar refractivity (Wildman–Crippen MR) is 124 cm³/mol. The van der Waals surface area contributed by atoms with Gasteiger partial charge in [-0.2, -0.15) is 0 Å². The lowest BCUT2D eigenvalue weighted by molar-refractivity contribution is -0.118. The van der Waals surface area contributed by atoms with Crippen LogP contribution in [0.15, 0.2) is 75.9 Å². The van der Waals surface area contributed by atoms with Crippen LogP contribution in [0.4, 0.5) is 5.69 Å². The Morgan fingerprint density at radius 1 is 1.06 bits per heavy atom. The number of hydrogen-bond donors (Lipinski definition) is 1. The van der Waals surface area contributed by atoms with Crippen molar-refractivity contribution in [1.29, 1.82) is 0 Å². The first-order valence-electron chi connectivity index (χ1n) is 10.4. The molecule has 6 nitrogen and oxygen atoms in total. The molecule has 1 N–H and O–H groups in total. The molecular weight excluding hydrogens is 422 g/mol. The van der Waals surface area contributed by atoms with Gasteiger partial charge in [0.25, 0.3) is 0 Å². The van der Waals surface area contributed by atoms with Crippen molar-refractivity contribution in [1.82, 2.24) is 10.1 Å². The molecule has 0 unspecified atom stereocenters. The summed E-state index contributed by atoms with van der Waals surface area (Å²) in [5.74, 6) is 1.06. The van der Waals surface area contributed by atoms with Crippen molar-refractivity contribution in [2.24, 2.45) is 0 Å². The number of carbonyl (C=O) groups excluding carboxylic acids is 1. The Labute approximate surface area is 187 Å². The standard InChI is InChI=1S/C25H19N3O3S/c1-15-4-9-18-21(13-15)32-23(27-18)16-5-7-17(8-6-16)26-24(29)25(10-11-25)22-14-20(31-28-22)19-3-2-12-30-19/h2-9,12-14H,10-11H2,1H3,(H,26,29). The lowest BCUT2D eigenvalue weighted by atomic mass is 10.0. The molecule has 0 saturated heterocycles. The molecule has 5 aromatic rings. The van der Waals surface area contributed by atoms with Gasteiger partial charge in [-0.05, 0) is 73.9 Å². The first-order chi connectivity index (χ1) is 15.6. The van der Waals surface area contributed by atoms with E-state index in [1.165, 1.54) is 10.3 Å². The van der Waals surface area contributed by atoms with E-state index in [-0.39, 0.29) is 5.91 Å². The first kappa shape index (κ1) is 19.0. The highest BCUT2D eigenvalue weighted by Crippen LogP contribution is 2.49. The third-order valence-corrected chi connectivity index (χ3v) is 6.95. The summed E-state index contributed by atoms with van der Waals surface area (Å²) in [4.78, 5) is 17.8. The number of benzene rings is 2. The summed E-state index contributed by atoms with van der Waals surface area (Å²) in [6.45, 7) is 2.08. The van der Waals surface area contributed by atoms with Crippen molar-refractivity contribution < 1.29 is 13.7 Å². The summed E-state index contributed by atoms with van der Waals surface area (Å²) in [5.41, 5.74) is 4.01. The van der Waals surface area contributed by atoms with Crippen LogP contribution in [0.3, 0.4) is 0 Å². The molecule has 158 valence electrons. The number of carbonyl (C=O) groups is 1. The summed E-state index contributed by atoms with van der Waals surface area (Å²) in [6.07, 6.45) is 3.06. The zero-order valence-corrected chi connectivity index (χ0v) is 18.1. The molecule has 1 aliphatic rings. The van der Waals surface area contributed by atoms with Gasteiger partial charge in [0.2, 0.25) is 11.7 Å². The molecule has 0 radical (unpaired) electrons. The van der Waals surface area contributed by atoms with Gasteiger partial charge in [0, 0.05) is 17.3 Å². The number of rotatable bonds is 5. The number of furan rings is 1. The van der Waals surface area contributed by atoms with Gasteiger partial charge in [0.05, 0.1) is 27.6 Å². The summed E-state index contributed by atoms with van der Waals surface area (Å²) >= 11 is 1.67. The Morgan fingerprint density at radius 3 is 2.66 bits per heavy atom. The molecule has 3 heterocycles. The average molecular weight is 442 g/mol. The second-order valence-electron chi connectivity index (χ2n) is 8.16. The monoisotopic (exact) mass is 441 g/mol. The molecule has 6 rings (SSSR count). The molecule has 7 heteroatoms. The summed E-state index contributed by atoms with van der Waals surface area (Å²) < 4.78 is 11.9. The van der Waals surface area contributed by atoms with Crippen LogP contribution in [0.2, 0.25) is 0 Å². The number of nitrogens with one attached hydrogen (secondary N) is 1. The van der Waals surface area contributed by atoms with Gasteiger partial charge >= 0.3 is 0 Å². The molecule has 0 spiro atoms. The fraction of sp³-hybridized carbons (Fsp3) is 0.160. The van der Waals surface area contributed by atoms with E-state index in [4.69, 9.17) is 13.9 Å². The number of amides is 1. The van der Waals surface area contributed by atoms with Crippen LogP contribution in [0.5, 0.6) is 0 Å². The number of hydrogen-bond acceptors (Lipinski definition) is 6. The minimum absolute atomic E-state index is 0.0694. The van der Waals surface area contributed by atoms with Crippen LogP contribution >= 0.6 is 11.3 Å². The molecular formula is C25H19N3O3S. The highest BCUT2D eigenvalue weighted by Gasteiger charge is 2.54. The van der Waals surface area contributed by atoms with Crippen LogP contribution in [0, 0.1) is 6.92 Å². The molecule has 1 saturated carbocycles. The molecule has 0 aliphatic heterocycles. The van der Waals surface area contributed by atoms with E-state index in [2.05, 4.69) is 35.6 Å². The second kappa shape index (κ2) is 7.17. The van der Waals surface area contributed by atoms with E-state index >= 15 is 0 Å².